The minimum absolute atomic E-state index is 0. The van der Waals surface area contributed by atoms with Gasteiger partial charge in [0.25, 0.3) is 0 Å². The van der Waals surface area contributed by atoms with Gasteiger partial charge >= 0.3 is 0 Å². The predicted molar refractivity (Wildman–Crippen MR) is 96.9 cm³/mol. The van der Waals surface area contributed by atoms with E-state index in [4.69, 9.17) is 10.2 Å². The minimum atomic E-state index is 0. The highest BCUT2D eigenvalue weighted by Crippen LogP contribution is 2.29. The zero-order valence-electron chi connectivity index (χ0n) is 12.2. The summed E-state index contributed by atoms with van der Waals surface area (Å²) in [7, 11) is 0. The minimum Gasteiger partial charge on any atom is -0.456 e. The van der Waals surface area contributed by atoms with E-state index >= 15 is 0 Å². The lowest BCUT2D eigenvalue weighted by Gasteiger charge is -2.00. The van der Waals surface area contributed by atoms with E-state index < -0.39 is 0 Å². The molecule has 0 saturated heterocycles. The first kappa shape index (κ1) is 16.0. The van der Waals surface area contributed by atoms with Crippen LogP contribution in [0.1, 0.15) is 6.92 Å². The van der Waals surface area contributed by atoms with Gasteiger partial charge in [-0.2, -0.15) is 0 Å². The second-order valence-electron chi connectivity index (χ2n) is 4.83. The Hall–Kier alpha value is -2.33. The SMILES string of the molecule is Br.CC(N)=Nc1ccc(-c2ccc(-c3ccccc3)o2)cc1. The molecule has 0 bridgehead atoms. The lowest BCUT2D eigenvalue weighted by Crippen LogP contribution is -2.03. The molecule has 0 saturated carbocycles. The van der Waals surface area contributed by atoms with E-state index in [1.807, 2.05) is 66.7 Å². The molecular weight excluding hydrogens is 340 g/mol. The first-order chi connectivity index (χ1) is 10.2. The fourth-order valence-electron chi connectivity index (χ4n) is 2.15. The van der Waals surface area contributed by atoms with Crippen LogP contribution in [-0.4, -0.2) is 5.84 Å². The molecule has 0 fully saturated rings. The summed E-state index contributed by atoms with van der Waals surface area (Å²) in [6.45, 7) is 1.77. The maximum atomic E-state index is 5.92. The molecule has 0 unspecified atom stereocenters. The van der Waals surface area contributed by atoms with E-state index in [0.717, 1.165) is 28.3 Å². The third kappa shape index (κ3) is 3.65. The zero-order chi connectivity index (χ0) is 14.7. The molecule has 1 heterocycles. The van der Waals surface area contributed by atoms with Crippen molar-refractivity contribution in [2.24, 2.45) is 10.7 Å². The van der Waals surface area contributed by atoms with Crippen molar-refractivity contribution in [3.05, 3.63) is 66.7 Å². The van der Waals surface area contributed by atoms with E-state index in [9.17, 15) is 0 Å². The summed E-state index contributed by atoms with van der Waals surface area (Å²) in [5, 5.41) is 0. The topological polar surface area (TPSA) is 51.5 Å². The average Bonchev–Trinajstić information content (AvgIpc) is 2.98. The zero-order valence-corrected chi connectivity index (χ0v) is 13.9. The van der Waals surface area contributed by atoms with Crippen LogP contribution in [-0.2, 0) is 0 Å². The predicted octanol–water partition coefficient (Wildman–Crippen LogP) is 5.20. The van der Waals surface area contributed by atoms with Crippen molar-refractivity contribution < 1.29 is 4.42 Å². The molecule has 0 atom stereocenters. The summed E-state index contributed by atoms with van der Waals surface area (Å²) in [5.74, 6) is 2.26. The number of rotatable bonds is 3. The summed E-state index contributed by atoms with van der Waals surface area (Å²) < 4.78 is 5.92. The molecule has 4 heteroatoms. The maximum Gasteiger partial charge on any atom is 0.134 e. The number of benzene rings is 2. The number of amidine groups is 1. The van der Waals surface area contributed by atoms with Crippen LogP contribution in [0.4, 0.5) is 5.69 Å². The third-order valence-corrected chi connectivity index (χ3v) is 3.12. The van der Waals surface area contributed by atoms with Gasteiger partial charge < -0.3 is 10.2 Å². The van der Waals surface area contributed by atoms with Gasteiger partial charge in [0.2, 0.25) is 0 Å². The van der Waals surface area contributed by atoms with Crippen LogP contribution >= 0.6 is 17.0 Å². The Kier molecular flexibility index (Phi) is 5.17. The van der Waals surface area contributed by atoms with E-state index in [-0.39, 0.29) is 17.0 Å². The molecule has 112 valence electrons. The van der Waals surface area contributed by atoms with Crippen LogP contribution in [0.25, 0.3) is 22.6 Å². The van der Waals surface area contributed by atoms with Gasteiger partial charge in [-0.05, 0) is 43.3 Å². The summed E-state index contributed by atoms with van der Waals surface area (Å²) in [6.07, 6.45) is 0. The molecule has 2 aromatic carbocycles. The van der Waals surface area contributed by atoms with Gasteiger partial charge in [-0.1, -0.05) is 30.3 Å². The molecule has 3 nitrogen and oxygen atoms in total. The molecule has 22 heavy (non-hydrogen) atoms. The molecule has 0 aliphatic carbocycles. The Labute approximate surface area is 140 Å². The van der Waals surface area contributed by atoms with Crippen LogP contribution in [0.5, 0.6) is 0 Å². The Morgan fingerprint density at radius 1 is 0.818 bits per heavy atom. The smallest absolute Gasteiger partial charge is 0.134 e. The monoisotopic (exact) mass is 356 g/mol. The fourth-order valence-corrected chi connectivity index (χ4v) is 2.15. The maximum absolute atomic E-state index is 5.92. The second-order valence-corrected chi connectivity index (χ2v) is 4.83. The highest BCUT2D eigenvalue weighted by Gasteiger charge is 2.06. The first-order valence-corrected chi connectivity index (χ1v) is 6.79. The number of aliphatic imine (C=N–C) groups is 1. The van der Waals surface area contributed by atoms with Gasteiger partial charge in [-0.3, -0.25) is 0 Å². The number of nitrogens with zero attached hydrogens (tertiary/aromatic N) is 1. The van der Waals surface area contributed by atoms with E-state index in [0.29, 0.717) is 5.84 Å². The normalized spacial score (nSPS) is 11.0. The van der Waals surface area contributed by atoms with E-state index in [2.05, 4.69) is 4.99 Å². The van der Waals surface area contributed by atoms with Crippen LogP contribution in [0.2, 0.25) is 0 Å². The van der Waals surface area contributed by atoms with Crippen LogP contribution in [0.15, 0.2) is 76.1 Å². The van der Waals surface area contributed by atoms with Crippen molar-refractivity contribution in [2.75, 3.05) is 0 Å². The molecular formula is C18H17BrN2O. The summed E-state index contributed by atoms with van der Waals surface area (Å²) in [5.41, 5.74) is 8.51. The number of halogens is 1. The van der Waals surface area contributed by atoms with Gasteiger partial charge in [0, 0.05) is 11.1 Å². The summed E-state index contributed by atoms with van der Waals surface area (Å²) >= 11 is 0. The van der Waals surface area contributed by atoms with Crippen molar-refractivity contribution >= 4 is 28.5 Å². The second kappa shape index (κ2) is 7.09. The molecule has 3 aromatic rings. The van der Waals surface area contributed by atoms with Crippen molar-refractivity contribution in [3.63, 3.8) is 0 Å². The van der Waals surface area contributed by atoms with Gasteiger partial charge in [0.1, 0.15) is 11.5 Å². The van der Waals surface area contributed by atoms with Crippen molar-refractivity contribution in [1.29, 1.82) is 0 Å². The summed E-state index contributed by atoms with van der Waals surface area (Å²) in [4.78, 5) is 4.21. The molecule has 1 aromatic heterocycles. The Morgan fingerprint density at radius 2 is 1.36 bits per heavy atom. The molecule has 0 aliphatic heterocycles. The molecule has 2 N–H and O–H groups in total. The lowest BCUT2D eigenvalue weighted by molar-refractivity contribution is 0.597. The van der Waals surface area contributed by atoms with Crippen LogP contribution in [0, 0.1) is 0 Å². The molecule has 3 rings (SSSR count). The quantitative estimate of drug-likeness (QED) is 0.517. The highest BCUT2D eigenvalue weighted by atomic mass is 79.9. The van der Waals surface area contributed by atoms with E-state index in [1.165, 1.54) is 0 Å². The number of hydrogen-bond donors (Lipinski definition) is 1. The summed E-state index contributed by atoms with van der Waals surface area (Å²) in [6, 6.07) is 21.8. The van der Waals surface area contributed by atoms with Gasteiger partial charge in [-0.25, -0.2) is 4.99 Å². The Balaban J connectivity index is 0.00000176. The largest absolute Gasteiger partial charge is 0.456 e. The van der Waals surface area contributed by atoms with Crippen molar-refractivity contribution in [1.82, 2.24) is 0 Å². The molecule has 0 amide bonds. The van der Waals surface area contributed by atoms with Crippen LogP contribution < -0.4 is 5.73 Å². The Bertz CT molecular complexity index is 757. The fraction of sp³-hybridized carbons (Fsp3) is 0.0556. The molecule has 0 radical (unpaired) electrons. The van der Waals surface area contributed by atoms with Gasteiger partial charge in [0.15, 0.2) is 0 Å². The molecule has 0 aliphatic rings. The third-order valence-electron chi connectivity index (χ3n) is 3.12. The lowest BCUT2D eigenvalue weighted by atomic mass is 10.1. The van der Waals surface area contributed by atoms with Gasteiger partial charge in [-0.15, -0.1) is 17.0 Å². The Morgan fingerprint density at radius 3 is 1.91 bits per heavy atom. The van der Waals surface area contributed by atoms with E-state index in [1.54, 1.807) is 6.92 Å². The average molecular weight is 357 g/mol. The van der Waals surface area contributed by atoms with Crippen molar-refractivity contribution in [3.8, 4) is 22.6 Å². The number of hydrogen-bond acceptors (Lipinski definition) is 2. The number of nitrogens with two attached hydrogens (primary N) is 1. The van der Waals surface area contributed by atoms with Gasteiger partial charge in [0.05, 0.1) is 11.5 Å². The van der Waals surface area contributed by atoms with Crippen LogP contribution in [0.3, 0.4) is 0 Å². The molecule has 0 spiro atoms. The number of furan rings is 1. The highest BCUT2D eigenvalue weighted by molar-refractivity contribution is 8.93. The standard InChI is InChI=1S/C18H16N2O.BrH/c1-13(19)20-16-9-7-15(8-10-16)18-12-11-17(21-18)14-5-3-2-4-6-14;/h2-12H,1H3,(H2,19,20);1H. The van der Waals surface area contributed by atoms with Crippen molar-refractivity contribution in [2.45, 2.75) is 6.92 Å². The first-order valence-electron chi connectivity index (χ1n) is 6.79.